The van der Waals surface area contributed by atoms with Crippen LogP contribution in [0.3, 0.4) is 0 Å². The third-order valence-corrected chi connectivity index (χ3v) is 2.88. The van der Waals surface area contributed by atoms with Crippen molar-refractivity contribution < 1.29 is 9.59 Å². The Morgan fingerprint density at radius 1 is 1.14 bits per heavy atom. The van der Waals surface area contributed by atoms with Crippen LogP contribution in [0.2, 0.25) is 0 Å². The normalized spacial score (nSPS) is 10.0. The summed E-state index contributed by atoms with van der Waals surface area (Å²) in [6, 6.07) is 7.07. The van der Waals surface area contributed by atoms with Gasteiger partial charge in [-0.25, -0.2) is 4.98 Å². The van der Waals surface area contributed by atoms with E-state index in [1.807, 2.05) is 6.07 Å². The zero-order valence-electron chi connectivity index (χ0n) is 11.9. The van der Waals surface area contributed by atoms with Crippen molar-refractivity contribution in [1.82, 2.24) is 20.6 Å². The van der Waals surface area contributed by atoms with Crippen LogP contribution >= 0.6 is 0 Å². The Bertz CT molecular complexity index is 653. The average molecular weight is 284 g/mol. The summed E-state index contributed by atoms with van der Waals surface area (Å²) in [6.45, 7) is 2.12. The molecule has 2 rings (SSSR count). The largest absolute Gasteiger partial charge is 0.355 e. The lowest BCUT2D eigenvalue weighted by atomic mass is 10.1. The Morgan fingerprint density at radius 3 is 2.62 bits per heavy atom. The minimum Gasteiger partial charge on any atom is -0.355 e. The molecule has 0 radical (unpaired) electrons. The number of rotatable bonds is 4. The highest BCUT2D eigenvalue weighted by atomic mass is 16.2. The SMILES string of the molecule is CNC(=O)c1cccc(CNC(=O)c2cnc(C)cn2)c1. The van der Waals surface area contributed by atoms with E-state index in [9.17, 15) is 9.59 Å². The number of carbonyl (C=O) groups excluding carboxylic acids is 2. The summed E-state index contributed by atoms with van der Waals surface area (Å²) in [6.07, 6.45) is 2.98. The first kappa shape index (κ1) is 14.6. The maximum absolute atomic E-state index is 11.9. The van der Waals surface area contributed by atoms with Gasteiger partial charge in [-0.1, -0.05) is 12.1 Å². The molecule has 0 spiro atoms. The molecular formula is C15H16N4O2. The number of hydrogen-bond donors (Lipinski definition) is 2. The van der Waals surface area contributed by atoms with Crippen molar-refractivity contribution in [2.24, 2.45) is 0 Å². The van der Waals surface area contributed by atoms with Crippen LogP contribution in [0.4, 0.5) is 0 Å². The first-order valence-electron chi connectivity index (χ1n) is 6.48. The Morgan fingerprint density at radius 2 is 1.95 bits per heavy atom. The predicted molar refractivity (Wildman–Crippen MR) is 77.8 cm³/mol. The number of aryl methyl sites for hydroxylation is 1. The molecular weight excluding hydrogens is 268 g/mol. The van der Waals surface area contributed by atoms with Crippen molar-refractivity contribution in [2.75, 3.05) is 7.05 Å². The molecule has 1 aromatic heterocycles. The second-order valence-electron chi connectivity index (χ2n) is 4.51. The van der Waals surface area contributed by atoms with Crippen LogP contribution in [0.1, 0.15) is 32.1 Å². The monoisotopic (exact) mass is 284 g/mol. The Kier molecular flexibility index (Phi) is 4.61. The Balaban J connectivity index is 2.01. The Labute approximate surface area is 122 Å². The van der Waals surface area contributed by atoms with Crippen LogP contribution in [0.25, 0.3) is 0 Å². The molecule has 0 unspecified atom stereocenters. The molecule has 2 N–H and O–H groups in total. The summed E-state index contributed by atoms with van der Waals surface area (Å²) in [5.41, 5.74) is 2.41. The lowest BCUT2D eigenvalue weighted by Crippen LogP contribution is -2.24. The van der Waals surface area contributed by atoms with Crippen molar-refractivity contribution >= 4 is 11.8 Å². The zero-order chi connectivity index (χ0) is 15.2. The molecule has 0 aliphatic carbocycles. The molecule has 0 atom stereocenters. The third kappa shape index (κ3) is 3.85. The highest BCUT2D eigenvalue weighted by Gasteiger charge is 2.08. The first-order valence-corrected chi connectivity index (χ1v) is 6.48. The van der Waals surface area contributed by atoms with E-state index in [2.05, 4.69) is 20.6 Å². The minimum absolute atomic E-state index is 0.160. The summed E-state index contributed by atoms with van der Waals surface area (Å²) in [5.74, 6) is -0.458. The van der Waals surface area contributed by atoms with E-state index in [1.54, 1.807) is 38.4 Å². The quantitative estimate of drug-likeness (QED) is 0.879. The van der Waals surface area contributed by atoms with Crippen LogP contribution in [-0.2, 0) is 6.54 Å². The zero-order valence-corrected chi connectivity index (χ0v) is 11.9. The van der Waals surface area contributed by atoms with Gasteiger partial charge in [0.1, 0.15) is 5.69 Å². The van der Waals surface area contributed by atoms with Gasteiger partial charge in [-0.15, -0.1) is 0 Å². The fourth-order valence-corrected chi connectivity index (χ4v) is 1.75. The first-order chi connectivity index (χ1) is 10.1. The van der Waals surface area contributed by atoms with E-state index in [1.165, 1.54) is 6.20 Å². The fraction of sp³-hybridized carbons (Fsp3) is 0.200. The second kappa shape index (κ2) is 6.60. The van der Waals surface area contributed by atoms with Crippen LogP contribution in [0.5, 0.6) is 0 Å². The standard InChI is InChI=1S/C15H16N4O2/c1-10-7-18-13(9-17-10)15(21)19-8-11-4-3-5-12(6-11)14(20)16-2/h3-7,9H,8H2,1-2H3,(H,16,20)(H,19,21). The van der Waals surface area contributed by atoms with E-state index in [0.717, 1.165) is 11.3 Å². The smallest absolute Gasteiger partial charge is 0.271 e. The lowest BCUT2D eigenvalue weighted by Gasteiger charge is -2.06. The molecule has 0 saturated carbocycles. The van der Waals surface area contributed by atoms with Crippen LogP contribution in [0.15, 0.2) is 36.7 Å². The second-order valence-corrected chi connectivity index (χ2v) is 4.51. The van der Waals surface area contributed by atoms with Gasteiger partial charge in [-0.2, -0.15) is 0 Å². The topological polar surface area (TPSA) is 84.0 Å². The molecule has 0 bridgehead atoms. The summed E-state index contributed by atoms with van der Waals surface area (Å²) in [5, 5.41) is 5.31. The van der Waals surface area contributed by atoms with Crippen LogP contribution < -0.4 is 10.6 Å². The van der Waals surface area contributed by atoms with Gasteiger partial charge in [-0.3, -0.25) is 14.6 Å². The molecule has 0 saturated heterocycles. The molecule has 2 amide bonds. The minimum atomic E-state index is -0.298. The molecule has 0 aliphatic heterocycles. The number of nitrogens with zero attached hydrogens (tertiary/aromatic N) is 2. The number of benzene rings is 1. The number of amides is 2. The van der Waals surface area contributed by atoms with Gasteiger partial charge in [0.05, 0.1) is 11.9 Å². The molecule has 1 aromatic carbocycles. The average Bonchev–Trinajstić information content (AvgIpc) is 2.52. The van der Waals surface area contributed by atoms with Crippen molar-refractivity contribution in [3.05, 3.63) is 59.2 Å². The van der Waals surface area contributed by atoms with Crippen LogP contribution in [0, 0.1) is 6.92 Å². The predicted octanol–water partition coefficient (Wildman–Crippen LogP) is 1.07. The van der Waals surface area contributed by atoms with E-state index >= 15 is 0 Å². The summed E-state index contributed by atoms with van der Waals surface area (Å²) < 4.78 is 0. The molecule has 21 heavy (non-hydrogen) atoms. The van der Waals surface area contributed by atoms with Gasteiger partial charge in [-0.05, 0) is 24.6 Å². The lowest BCUT2D eigenvalue weighted by molar-refractivity contribution is 0.0943. The number of aromatic nitrogens is 2. The van der Waals surface area contributed by atoms with Crippen molar-refractivity contribution in [1.29, 1.82) is 0 Å². The van der Waals surface area contributed by atoms with Crippen molar-refractivity contribution in [3.8, 4) is 0 Å². The van der Waals surface area contributed by atoms with Gasteiger partial charge in [0.25, 0.3) is 11.8 Å². The molecule has 6 nitrogen and oxygen atoms in total. The van der Waals surface area contributed by atoms with E-state index in [-0.39, 0.29) is 17.5 Å². The Hall–Kier alpha value is -2.76. The van der Waals surface area contributed by atoms with Gasteiger partial charge < -0.3 is 10.6 Å². The van der Waals surface area contributed by atoms with Crippen molar-refractivity contribution in [3.63, 3.8) is 0 Å². The highest BCUT2D eigenvalue weighted by molar-refractivity contribution is 5.94. The van der Waals surface area contributed by atoms with E-state index < -0.39 is 0 Å². The molecule has 108 valence electrons. The molecule has 2 aromatic rings. The highest BCUT2D eigenvalue weighted by Crippen LogP contribution is 2.05. The fourth-order valence-electron chi connectivity index (χ4n) is 1.75. The van der Waals surface area contributed by atoms with Crippen molar-refractivity contribution in [2.45, 2.75) is 13.5 Å². The number of hydrogen-bond acceptors (Lipinski definition) is 4. The molecule has 0 aliphatic rings. The van der Waals surface area contributed by atoms with E-state index in [0.29, 0.717) is 12.1 Å². The van der Waals surface area contributed by atoms with Crippen LogP contribution in [-0.4, -0.2) is 28.8 Å². The summed E-state index contributed by atoms with van der Waals surface area (Å²) in [7, 11) is 1.58. The maximum atomic E-state index is 11.9. The molecule has 0 fully saturated rings. The molecule has 6 heteroatoms. The van der Waals surface area contributed by atoms with Gasteiger partial charge >= 0.3 is 0 Å². The van der Waals surface area contributed by atoms with Gasteiger partial charge in [0.15, 0.2) is 0 Å². The maximum Gasteiger partial charge on any atom is 0.271 e. The molecule has 1 heterocycles. The summed E-state index contributed by atoms with van der Waals surface area (Å²) >= 11 is 0. The van der Waals surface area contributed by atoms with Gasteiger partial charge in [0, 0.05) is 25.4 Å². The van der Waals surface area contributed by atoms with E-state index in [4.69, 9.17) is 0 Å². The summed E-state index contributed by atoms with van der Waals surface area (Å²) in [4.78, 5) is 31.5. The van der Waals surface area contributed by atoms with Gasteiger partial charge in [0.2, 0.25) is 0 Å². The number of carbonyl (C=O) groups is 2. The third-order valence-electron chi connectivity index (χ3n) is 2.88. The number of nitrogens with one attached hydrogen (secondary N) is 2.